The van der Waals surface area contributed by atoms with E-state index in [1.807, 2.05) is 6.92 Å². The van der Waals surface area contributed by atoms with Crippen molar-refractivity contribution in [3.8, 4) is 0 Å². The highest BCUT2D eigenvalue weighted by Crippen LogP contribution is 2.13. The van der Waals surface area contributed by atoms with Crippen LogP contribution in [0.3, 0.4) is 0 Å². The Kier molecular flexibility index (Phi) is 21.1. The van der Waals surface area contributed by atoms with Gasteiger partial charge < -0.3 is 14.8 Å². The lowest BCUT2D eigenvalue weighted by Gasteiger charge is -2.19. The molecule has 5 nitrogen and oxygen atoms in total. The molecule has 0 rings (SSSR count). The maximum atomic E-state index is 12.4. The number of alkyl carbamates (subject to hydrolysis) is 1. The van der Waals surface area contributed by atoms with E-state index in [-0.39, 0.29) is 5.97 Å². The lowest BCUT2D eigenvalue weighted by Crippen LogP contribution is -2.42. The molecule has 0 spiro atoms. The highest BCUT2D eigenvalue weighted by atomic mass is 16.6. The molecule has 0 saturated heterocycles. The zero-order valence-corrected chi connectivity index (χ0v) is 21.0. The molecular weight excluding hydrogens is 390 g/mol. The van der Waals surface area contributed by atoms with Gasteiger partial charge in [0.15, 0.2) is 0 Å². The van der Waals surface area contributed by atoms with E-state index >= 15 is 0 Å². The average Bonchev–Trinajstić information content (AvgIpc) is 2.77. The number of nitrogens with one attached hydrogen (secondary N) is 1. The number of ether oxygens (including phenoxy) is 2. The summed E-state index contributed by atoms with van der Waals surface area (Å²) in [4.78, 5) is 24.5. The summed E-state index contributed by atoms with van der Waals surface area (Å²) in [5.41, 5.74) is 0. The molecule has 2 unspecified atom stereocenters. The van der Waals surface area contributed by atoms with Crippen molar-refractivity contribution in [3.05, 3.63) is 0 Å². The molecule has 0 aromatic heterocycles. The van der Waals surface area contributed by atoms with E-state index < -0.39 is 12.1 Å². The molecule has 0 aromatic carbocycles. The van der Waals surface area contributed by atoms with Crippen molar-refractivity contribution in [2.45, 2.75) is 136 Å². The van der Waals surface area contributed by atoms with Crippen LogP contribution in [0.15, 0.2) is 0 Å². The zero-order valence-electron chi connectivity index (χ0n) is 21.0. The van der Waals surface area contributed by atoms with Crippen molar-refractivity contribution >= 4 is 12.1 Å². The molecule has 0 fully saturated rings. The SMILES string of the molecule is CCCCCCCCCCCCOC(=O)C(CCC)NC(=O)OCC(CC)CCCC. The van der Waals surface area contributed by atoms with E-state index in [4.69, 9.17) is 9.47 Å². The van der Waals surface area contributed by atoms with E-state index in [0.29, 0.717) is 25.6 Å². The van der Waals surface area contributed by atoms with E-state index in [1.54, 1.807) is 0 Å². The molecule has 0 saturated carbocycles. The van der Waals surface area contributed by atoms with Crippen LogP contribution in [0.4, 0.5) is 4.79 Å². The third-order valence-corrected chi connectivity index (χ3v) is 5.89. The van der Waals surface area contributed by atoms with Gasteiger partial charge in [-0.15, -0.1) is 0 Å². The van der Waals surface area contributed by atoms with Gasteiger partial charge in [-0.05, 0) is 25.2 Å². The predicted octanol–water partition coefficient (Wildman–Crippen LogP) is 7.56. The maximum absolute atomic E-state index is 12.4. The average molecular weight is 442 g/mol. The number of amides is 1. The summed E-state index contributed by atoms with van der Waals surface area (Å²) >= 11 is 0. The van der Waals surface area contributed by atoms with Crippen LogP contribution in [0.1, 0.15) is 130 Å². The van der Waals surface area contributed by atoms with Gasteiger partial charge in [0, 0.05) is 0 Å². The molecule has 2 atom stereocenters. The number of esters is 1. The Labute approximate surface area is 192 Å². The molecule has 184 valence electrons. The number of unbranched alkanes of at least 4 members (excludes halogenated alkanes) is 10. The first-order chi connectivity index (χ1) is 15.1. The largest absolute Gasteiger partial charge is 0.464 e. The maximum Gasteiger partial charge on any atom is 0.407 e. The van der Waals surface area contributed by atoms with Crippen molar-refractivity contribution < 1.29 is 19.1 Å². The number of carbonyl (C=O) groups excluding carboxylic acids is 2. The topological polar surface area (TPSA) is 64.6 Å². The third kappa shape index (κ3) is 18.1. The Balaban J connectivity index is 3.96. The van der Waals surface area contributed by atoms with Crippen molar-refractivity contribution in [1.82, 2.24) is 5.32 Å². The van der Waals surface area contributed by atoms with Gasteiger partial charge in [-0.1, -0.05) is 111 Å². The van der Waals surface area contributed by atoms with E-state index in [2.05, 4.69) is 26.1 Å². The van der Waals surface area contributed by atoms with Crippen LogP contribution >= 0.6 is 0 Å². The molecule has 0 bridgehead atoms. The summed E-state index contributed by atoms with van der Waals surface area (Å²) in [5, 5.41) is 2.71. The summed E-state index contributed by atoms with van der Waals surface area (Å²) in [5.74, 6) is 0.0476. The van der Waals surface area contributed by atoms with Crippen LogP contribution in [0.5, 0.6) is 0 Å². The second kappa shape index (κ2) is 22.0. The Hall–Kier alpha value is -1.26. The lowest BCUT2D eigenvalue weighted by molar-refractivity contribution is -0.146. The Bertz CT molecular complexity index is 428. The van der Waals surface area contributed by atoms with Crippen molar-refractivity contribution in [3.63, 3.8) is 0 Å². The molecule has 0 aliphatic rings. The summed E-state index contributed by atoms with van der Waals surface area (Å²) in [7, 11) is 0. The standard InChI is InChI=1S/C26H51NO4/c1-5-9-11-12-13-14-15-16-17-18-21-30-25(28)24(19-7-3)27-26(29)31-22-23(8-4)20-10-6-2/h23-24H,5-22H2,1-4H3,(H,27,29). The first-order valence-corrected chi connectivity index (χ1v) is 13.2. The van der Waals surface area contributed by atoms with Gasteiger partial charge in [-0.2, -0.15) is 0 Å². The highest BCUT2D eigenvalue weighted by molar-refractivity contribution is 5.81. The second-order valence-corrected chi connectivity index (χ2v) is 8.85. The first-order valence-electron chi connectivity index (χ1n) is 13.2. The molecule has 5 heteroatoms. The van der Waals surface area contributed by atoms with Crippen LogP contribution in [0, 0.1) is 5.92 Å². The molecule has 1 N–H and O–H groups in total. The minimum absolute atomic E-state index is 0.340. The monoisotopic (exact) mass is 441 g/mol. The summed E-state index contributed by atoms with van der Waals surface area (Å²) in [6, 6.07) is -0.615. The fourth-order valence-electron chi connectivity index (χ4n) is 3.68. The van der Waals surface area contributed by atoms with E-state index in [1.165, 1.54) is 51.4 Å². The van der Waals surface area contributed by atoms with Gasteiger partial charge in [-0.25, -0.2) is 9.59 Å². The number of hydrogen-bond donors (Lipinski definition) is 1. The molecule has 31 heavy (non-hydrogen) atoms. The molecule has 0 aliphatic carbocycles. The van der Waals surface area contributed by atoms with Gasteiger partial charge in [0.05, 0.1) is 13.2 Å². The van der Waals surface area contributed by atoms with Crippen molar-refractivity contribution in [2.24, 2.45) is 5.92 Å². The van der Waals surface area contributed by atoms with E-state index in [9.17, 15) is 9.59 Å². The first kappa shape index (κ1) is 29.7. The van der Waals surface area contributed by atoms with Crippen LogP contribution < -0.4 is 5.32 Å². The minimum atomic E-state index is -0.615. The minimum Gasteiger partial charge on any atom is -0.464 e. The highest BCUT2D eigenvalue weighted by Gasteiger charge is 2.22. The van der Waals surface area contributed by atoms with Gasteiger partial charge in [0.25, 0.3) is 0 Å². The zero-order chi connectivity index (χ0) is 23.2. The Morgan fingerprint density at radius 3 is 1.81 bits per heavy atom. The molecule has 1 amide bonds. The molecule has 0 aromatic rings. The fraction of sp³-hybridized carbons (Fsp3) is 0.923. The van der Waals surface area contributed by atoms with Gasteiger partial charge in [0.1, 0.15) is 6.04 Å². The molecular formula is C26H51NO4. The molecule has 0 heterocycles. The normalized spacial score (nSPS) is 12.9. The van der Waals surface area contributed by atoms with E-state index in [0.717, 1.165) is 44.9 Å². The van der Waals surface area contributed by atoms with Gasteiger partial charge >= 0.3 is 12.1 Å². The number of rotatable bonds is 21. The molecule has 0 radical (unpaired) electrons. The third-order valence-electron chi connectivity index (χ3n) is 5.89. The number of hydrogen-bond acceptors (Lipinski definition) is 4. The predicted molar refractivity (Wildman–Crippen MR) is 129 cm³/mol. The summed E-state index contributed by atoms with van der Waals surface area (Å²) in [6.07, 6.45) is 17.7. The van der Waals surface area contributed by atoms with Crippen LogP contribution in [-0.2, 0) is 14.3 Å². The summed E-state index contributed by atoms with van der Waals surface area (Å²) < 4.78 is 10.8. The number of carbonyl (C=O) groups is 2. The van der Waals surface area contributed by atoms with Gasteiger partial charge in [-0.3, -0.25) is 0 Å². The Morgan fingerprint density at radius 2 is 1.26 bits per heavy atom. The smallest absolute Gasteiger partial charge is 0.407 e. The lowest BCUT2D eigenvalue weighted by atomic mass is 10.0. The van der Waals surface area contributed by atoms with Crippen LogP contribution in [0.25, 0.3) is 0 Å². The Morgan fingerprint density at radius 1 is 0.677 bits per heavy atom. The van der Waals surface area contributed by atoms with Crippen molar-refractivity contribution in [2.75, 3.05) is 13.2 Å². The van der Waals surface area contributed by atoms with Crippen LogP contribution in [-0.4, -0.2) is 31.3 Å². The molecule has 0 aliphatic heterocycles. The quantitative estimate of drug-likeness (QED) is 0.147. The fourth-order valence-corrected chi connectivity index (χ4v) is 3.68. The summed E-state index contributed by atoms with van der Waals surface area (Å²) in [6.45, 7) is 9.36. The van der Waals surface area contributed by atoms with Crippen molar-refractivity contribution in [1.29, 1.82) is 0 Å². The van der Waals surface area contributed by atoms with Crippen LogP contribution in [0.2, 0.25) is 0 Å². The van der Waals surface area contributed by atoms with Gasteiger partial charge in [0.2, 0.25) is 0 Å². The second-order valence-electron chi connectivity index (χ2n) is 8.85.